The maximum absolute atomic E-state index is 14.4. The quantitative estimate of drug-likeness (QED) is 0.0131. The molecule has 0 aliphatic rings. The third-order valence-electron chi connectivity index (χ3n) is 11.0. The summed E-state index contributed by atoms with van der Waals surface area (Å²) >= 11 is 7.96. The Hall–Kier alpha value is -6.69. The molecule has 1 aromatic heterocycles. The molecule has 0 radical (unpaired) electrons. The smallest absolute Gasteiger partial charge is 0.327 e. The number of thiol groups is 2. The van der Waals surface area contributed by atoms with Crippen LogP contribution in [0.25, 0.3) is 0 Å². The molecule has 10 amide bonds. The number of carbonyl (C=O) groups is 11. The Labute approximate surface area is 440 Å². The fourth-order valence-corrected chi connectivity index (χ4v) is 7.29. The van der Waals surface area contributed by atoms with Crippen LogP contribution >= 0.6 is 25.3 Å². The Balaban J connectivity index is 3.62. The van der Waals surface area contributed by atoms with Crippen molar-refractivity contribution in [2.45, 2.75) is 147 Å². The number of imidazole rings is 1. The largest absolute Gasteiger partial charge is 0.480 e. The van der Waals surface area contributed by atoms with E-state index in [9.17, 15) is 57.8 Å². The molecular weight excluding hydrogens is 1010 g/mol. The number of aromatic nitrogens is 2. The van der Waals surface area contributed by atoms with Crippen LogP contribution in [-0.4, -0.2) is 159 Å². The molecule has 20 N–H and O–H groups in total. The third-order valence-corrected chi connectivity index (χ3v) is 11.7. The van der Waals surface area contributed by atoms with Gasteiger partial charge in [0.1, 0.15) is 48.3 Å². The number of nitrogens with one attached hydrogen (secondary N) is 9. The van der Waals surface area contributed by atoms with E-state index in [-0.39, 0.29) is 62.0 Å². The minimum Gasteiger partial charge on any atom is -0.480 e. The van der Waals surface area contributed by atoms with Gasteiger partial charge in [-0.25, -0.2) is 9.78 Å². The minimum absolute atomic E-state index is 0.00551. The highest BCUT2D eigenvalue weighted by Gasteiger charge is 2.36. The number of aromatic amines is 1. The molecule has 0 unspecified atom stereocenters. The van der Waals surface area contributed by atoms with Gasteiger partial charge in [-0.15, -0.1) is 0 Å². The molecule has 0 bridgehead atoms. The number of aliphatic carboxylic acids is 1. The number of hydrogen-bond donors (Lipinski definition) is 17. The lowest BCUT2D eigenvalue weighted by molar-refractivity contribution is -0.141. The number of nitrogens with zero attached hydrogens (tertiary/aromatic N) is 2. The van der Waals surface area contributed by atoms with Gasteiger partial charge in [-0.2, -0.15) is 25.3 Å². The first-order chi connectivity index (χ1) is 34.6. The number of rotatable bonds is 35. The van der Waals surface area contributed by atoms with Crippen LogP contribution in [0.1, 0.15) is 92.2 Å². The van der Waals surface area contributed by atoms with Crippen molar-refractivity contribution in [2.75, 3.05) is 18.1 Å². The number of carboxylic acids is 1. The van der Waals surface area contributed by atoms with Crippen molar-refractivity contribution in [2.24, 2.45) is 51.4 Å². The normalized spacial score (nSPS) is 14.8. The molecule has 1 aromatic rings. The molecule has 0 saturated heterocycles. The highest BCUT2D eigenvalue weighted by Crippen LogP contribution is 2.12. The number of primary amides is 2. The predicted octanol–water partition coefficient (Wildman–Crippen LogP) is -4.96. The fourth-order valence-electron chi connectivity index (χ4n) is 6.88. The second kappa shape index (κ2) is 33.2. The standard InChI is InChI=1S/C44H76N16O12S2/c1-20(2)14-28(39(67)54-26(9-11-31(46)61)37(65)53-27(10-12-32(47)62)38(66)58-30(18-74)43(71)72)56-40(68)29(15-23-16-50-19-52-23)57-36(64)25(8-7-13-51-44(48)49)55-41(69)33(21(3)4)60-42(70)34(22(5)6)59-35(63)24(45)17-73/h16,19-22,24-30,33-34,73-74H,7-15,17-18,45H2,1-6H3,(H2,46,61)(H2,47,62)(H,50,52)(H,53,65)(H,54,67)(H,55,69)(H,56,68)(H,57,64)(H,58,66)(H,59,63)(H,60,70)(H,71,72)(H4,48,49,51)/t24-,25-,26-,27-,28-,29-,30-,33-,34-/m0/s1. The number of nitrogens with two attached hydrogens (primary N) is 5. The summed E-state index contributed by atoms with van der Waals surface area (Å²) in [5.74, 6) is -12.0. The van der Waals surface area contributed by atoms with E-state index in [1.165, 1.54) is 12.5 Å². The zero-order valence-corrected chi connectivity index (χ0v) is 44.3. The molecule has 0 fully saturated rings. The second-order valence-corrected chi connectivity index (χ2v) is 19.2. The Morgan fingerprint density at radius 2 is 1.00 bits per heavy atom. The van der Waals surface area contributed by atoms with Crippen LogP contribution in [0.4, 0.5) is 0 Å². The molecule has 0 aliphatic carbocycles. The van der Waals surface area contributed by atoms with Crippen LogP contribution in [0.2, 0.25) is 0 Å². The number of amides is 10. The SMILES string of the molecule is CC(C)C[C@H](NC(=O)[C@H](Cc1cnc[nH]1)NC(=O)[C@H](CCCN=C(N)N)NC(=O)[C@@H](NC(=O)[C@@H](NC(=O)[C@@H](N)CS)C(C)C)C(C)C)C(=O)N[C@@H](CCC(N)=O)C(=O)N[C@@H](CCC(N)=O)C(=O)N[C@@H](CS)C(=O)O. The summed E-state index contributed by atoms with van der Waals surface area (Å²) < 4.78 is 0. The van der Waals surface area contributed by atoms with Crippen LogP contribution in [0, 0.1) is 17.8 Å². The van der Waals surface area contributed by atoms with Crippen molar-refractivity contribution in [3.05, 3.63) is 18.2 Å². The van der Waals surface area contributed by atoms with E-state index < -0.39 is 151 Å². The first-order valence-corrected chi connectivity index (χ1v) is 25.1. The lowest BCUT2D eigenvalue weighted by atomic mass is 9.98. The summed E-state index contributed by atoms with van der Waals surface area (Å²) in [4.78, 5) is 156. The van der Waals surface area contributed by atoms with Gasteiger partial charge in [-0.05, 0) is 49.9 Å². The topological polar surface area (TPSA) is 475 Å². The number of H-pyrrole nitrogens is 1. The van der Waals surface area contributed by atoms with Gasteiger partial charge in [0, 0.05) is 49.2 Å². The van der Waals surface area contributed by atoms with E-state index in [0.29, 0.717) is 5.69 Å². The molecule has 74 heavy (non-hydrogen) atoms. The van der Waals surface area contributed by atoms with Gasteiger partial charge in [-0.1, -0.05) is 41.5 Å². The molecule has 0 aromatic carbocycles. The van der Waals surface area contributed by atoms with Crippen LogP contribution in [0.5, 0.6) is 0 Å². The maximum Gasteiger partial charge on any atom is 0.327 e. The van der Waals surface area contributed by atoms with Crippen molar-refractivity contribution in [1.82, 2.24) is 52.5 Å². The lowest BCUT2D eigenvalue weighted by Crippen LogP contribution is -2.61. The minimum atomic E-state index is -1.60. The van der Waals surface area contributed by atoms with E-state index in [4.69, 9.17) is 28.7 Å². The average Bonchev–Trinajstić information content (AvgIpc) is 3.83. The lowest BCUT2D eigenvalue weighted by Gasteiger charge is -2.29. The van der Waals surface area contributed by atoms with E-state index in [1.807, 2.05) is 0 Å². The van der Waals surface area contributed by atoms with Crippen LogP contribution < -0.4 is 71.2 Å². The number of hydrogen-bond acceptors (Lipinski definition) is 16. The average molecular weight is 1090 g/mol. The van der Waals surface area contributed by atoms with E-state index >= 15 is 0 Å². The van der Waals surface area contributed by atoms with Gasteiger partial charge < -0.3 is 81.3 Å². The van der Waals surface area contributed by atoms with Crippen molar-refractivity contribution in [3.63, 3.8) is 0 Å². The summed E-state index contributed by atoms with van der Waals surface area (Å²) in [6.07, 6.45) is 0.782. The van der Waals surface area contributed by atoms with Crippen molar-refractivity contribution in [1.29, 1.82) is 0 Å². The predicted molar refractivity (Wildman–Crippen MR) is 277 cm³/mol. The number of carboxylic acid groups (broad SMARTS) is 1. The first-order valence-electron chi connectivity index (χ1n) is 23.8. The summed E-state index contributed by atoms with van der Waals surface area (Å²) in [6, 6.07) is -12.3. The Bertz CT molecular complexity index is 2110. The third kappa shape index (κ3) is 24.4. The maximum atomic E-state index is 14.4. The van der Waals surface area contributed by atoms with Gasteiger partial charge in [0.05, 0.1) is 12.4 Å². The Kier molecular flexibility index (Phi) is 29.3. The number of carbonyl (C=O) groups excluding carboxylic acids is 10. The van der Waals surface area contributed by atoms with Crippen molar-refractivity contribution >= 4 is 96.3 Å². The van der Waals surface area contributed by atoms with E-state index in [1.54, 1.807) is 41.5 Å². The second-order valence-electron chi connectivity index (χ2n) is 18.5. The monoisotopic (exact) mass is 1080 g/mol. The molecule has 30 heteroatoms. The van der Waals surface area contributed by atoms with Crippen molar-refractivity contribution < 1.29 is 57.8 Å². The van der Waals surface area contributed by atoms with E-state index in [0.717, 1.165) is 0 Å². The summed E-state index contributed by atoms with van der Waals surface area (Å²) in [6.45, 7) is 10.1. The molecule has 416 valence electrons. The molecule has 1 heterocycles. The van der Waals surface area contributed by atoms with Crippen LogP contribution in [0.15, 0.2) is 17.5 Å². The Morgan fingerprint density at radius 3 is 1.42 bits per heavy atom. The molecule has 28 nitrogen and oxygen atoms in total. The zero-order valence-electron chi connectivity index (χ0n) is 42.5. The van der Waals surface area contributed by atoms with Crippen LogP contribution in [-0.2, 0) is 59.2 Å². The van der Waals surface area contributed by atoms with Gasteiger partial charge in [0.25, 0.3) is 0 Å². The summed E-state index contributed by atoms with van der Waals surface area (Å²) in [7, 11) is 0. The zero-order chi connectivity index (χ0) is 56.4. The molecule has 9 atom stereocenters. The summed E-state index contributed by atoms with van der Waals surface area (Å²) in [5.41, 5.74) is 27.8. The number of guanidine groups is 1. The molecular formula is C44H76N16O12S2. The van der Waals surface area contributed by atoms with Gasteiger partial charge >= 0.3 is 5.97 Å². The molecule has 0 saturated carbocycles. The van der Waals surface area contributed by atoms with Gasteiger partial charge in [-0.3, -0.25) is 52.9 Å². The molecule has 0 spiro atoms. The first kappa shape index (κ1) is 65.3. The van der Waals surface area contributed by atoms with Gasteiger partial charge in [0.2, 0.25) is 59.1 Å². The fraction of sp³-hybridized carbons (Fsp3) is 0.659. The highest BCUT2D eigenvalue weighted by atomic mass is 32.1. The van der Waals surface area contributed by atoms with Gasteiger partial charge in [0.15, 0.2) is 5.96 Å². The molecule has 0 aliphatic heterocycles. The molecule has 1 rings (SSSR count). The van der Waals surface area contributed by atoms with Crippen LogP contribution in [0.3, 0.4) is 0 Å². The van der Waals surface area contributed by atoms with E-state index in [2.05, 4.69) is 82.8 Å². The Morgan fingerprint density at radius 1 is 0.581 bits per heavy atom. The van der Waals surface area contributed by atoms with Crippen molar-refractivity contribution in [3.8, 4) is 0 Å². The highest BCUT2D eigenvalue weighted by molar-refractivity contribution is 7.80. The summed E-state index contributed by atoms with van der Waals surface area (Å²) in [5, 5.41) is 29.7. The number of aliphatic imine (C=N–C) groups is 1.